The summed E-state index contributed by atoms with van der Waals surface area (Å²) in [6, 6.07) is 10.2. The molecule has 0 unspecified atom stereocenters. The first-order valence-electron chi connectivity index (χ1n) is 9.61. The maximum Gasteiger partial charge on any atom is 0.225 e. The largest absolute Gasteiger partial charge is 0.353 e. The van der Waals surface area contributed by atoms with Crippen LogP contribution in [-0.4, -0.2) is 46.9 Å². The van der Waals surface area contributed by atoms with E-state index in [1.54, 1.807) is 17.5 Å². The third-order valence-electron chi connectivity index (χ3n) is 5.51. The van der Waals surface area contributed by atoms with Crippen LogP contribution in [0.1, 0.15) is 33.3 Å². The Bertz CT molecular complexity index is 968. The van der Waals surface area contributed by atoms with Gasteiger partial charge in [0.05, 0.1) is 11.3 Å². The zero-order valence-electron chi connectivity index (χ0n) is 15.5. The fraction of sp³-hybridized carbons (Fsp3) is 0.333. The topological polar surface area (TPSA) is 62.2 Å². The predicted molar refractivity (Wildman–Crippen MR) is 110 cm³/mol. The number of rotatable bonds is 3. The third-order valence-corrected chi connectivity index (χ3v) is 6.54. The minimum atomic E-state index is 0.158. The summed E-state index contributed by atoms with van der Waals surface area (Å²) in [7, 11) is 0. The number of thiophene rings is 1. The van der Waals surface area contributed by atoms with Gasteiger partial charge in [-0.15, -0.1) is 11.3 Å². The van der Waals surface area contributed by atoms with Crippen molar-refractivity contribution < 1.29 is 4.79 Å². The molecule has 3 aromatic rings. The number of ketones is 1. The molecule has 0 N–H and O–H groups in total. The number of carbonyl (C=O) groups is 1. The first-order chi connectivity index (χ1) is 13.8. The van der Waals surface area contributed by atoms with Crippen LogP contribution < -0.4 is 9.80 Å². The smallest absolute Gasteiger partial charge is 0.225 e. The number of hydrogen-bond donors (Lipinski definition) is 0. The molecule has 28 heavy (non-hydrogen) atoms. The predicted octanol–water partition coefficient (Wildman–Crippen LogP) is 3.17. The number of nitrogens with zero attached hydrogens (tertiary/aromatic N) is 5. The quantitative estimate of drug-likeness (QED) is 0.683. The monoisotopic (exact) mass is 391 g/mol. The van der Waals surface area contributed by atoms with Gasteiger partial charge in [-0.2, -0.15) is 0 Å². The fourth-order valence-corrected chi connectivity index (χ4v) is 4.82. The first-order valence-corrected chi connectivity index (χ1v) is 10.5. The van der Waals surface area contributed by atoms with Crippen LogP contribution in [0.25, 0.3) is 0 Å². The molecule has 1 aliphatic carbocycles. The molecule has 0 radical (unpaired) electrons. The van der Waals surface area contributed by atoms with Gasteiger partial charge in [0.2, 0.25) is 5.95 Å². The van der Waals surface area contributed by atoms with Crippen LogP contribution in [0.5, 0.6) is 0 Å². The number of piperazine rings is 1. The van der Waals surface area contributed by atoms with Crippen molar-refractivity contribution in [1.82, 2.24) is 15.0 Å². The van der Waals surface area contributed by atoms with Crippen LogP contribution >= 0.6 is 11.3 Å². The van der Waals surface area contributed by atoms with Crippen molar-refractivity contribution in [3.05, 3.63) is 64.2 Å². The van der Waals surface area contributed by atoms with Gasteiger partial charge in [-0.25, -0.2) is 15.0 Å². The standard InChI is InChI=1S/C21H21N5OS/c27-18-13-15(19-4-3-11-28-19)12-17-16(18)14-23-21(24-17)26-9-7-25(8-10-26)20-5-1-2-6-22-20/h1-6,11,14-15H,7-10,12-13H2/t15-/m1/s1. The second-order valence-electron chi connectivity index (χ2n) is 7.24. The van der Waals surface area contributed by atoms with Gasteiger partial charge in [0.1, 0.15) is 5.82 Å². The van der Waals surface area contributed by atoms with E-state index >= 15 is 0 Å². The van der Waals surface area contributed by atoms with Crippen molar-refractivity contribution in [1.29, 1.82) is 0 Å². The van der Waals surface area contributed by atoms with E-state index in [-0.39, 0.29) is 11.7 Å². The second-order valence-corrected chi connectivity index (χ2v) is 8.22. The summed E-state index contributed by atoms with van der Waals surface area (Å²) in [5, 5.41) is 2.07. The highest BCUT2D eigenvalue weighted by Gasteiger charge is 2.29. The molecule has 2 aliphatic rings. The molecule has 7 heteroatoms. The van der Waals surface area contributed by atoms with E-state index in [1.807, 2.05) is 30.5 Å². The molecule has 5 rings (SSSR count). The van der Waals surface area contributed by atoms with Gasteiger partial charge in [0.25, 0.3) is 0 Å². The summed E-state index contributed by atoms with van der Waals surface area (Å²) in [5.74, 6) is 2.15. The van der Waals surface area contributed by atoms with E-state index in [4.69, 9.17) is 4.98 Å². The second kappa shape index (κ2) is 7.31. The van der Waals surface area contributed by atoms with Crippen LogP contribution in [-0.2, 0) is 6.42 Å². The summed E-state index contributed by atoms with van der Waals surface area (Å²) >= 11 is 1.72. The highest BCUT2D eigenvalue weighted by atomic mass is 32.1. The molecule has 3 aromatic heterocycles. The molecular weight excluding hydrogens is 370 g/mol. The number of aromatic nitrogens is 3. The Kier molecular flexibility index (Phi) is 4.52. The summed E-state index contributed by atoms with van der Waals surface area (Å²) in [5.41, 5.74) is 1.59. The third kappa shape index (κ3) is 3.26. The SMILES string of the molecule is O=C1C[C@H](c2cccs2)Cc2nc(N3CCN(c4ccccn4)CC3)ncc21. The van der Waals surface area contributed by atoms with Crippen molar-refractivity contribution in [3.8, 4) is 0 Å². The number of fused-ring (bicyclic) bond motifs is 1. The van der Waals surface area contributed by atoms with E-state index in [2.05, 4.69) is 31.2 Å². The summed E-state index contributed by atoms with van der Waals surface area (Å²) < 4.78 is 0. The zero-order chi connectivity index (χ0) is 18.9. The molecule has 1 fully saturated rings. The van der Waals surface area contributed by atoms with Crippen molar-refractivity contribution >= 4 is 28.9 Å². The van der Waals surface area contributed by atoms with Gasteiger partial charge in [-0.3, -0.25) is 4.79 Å². The van der Waals surface area contributed by atoms with E-state index in [1.165, 1.54) is 4.88 Å². The molecule has 6 nitrogen and oxygen atoms in total. The van der Waals surface area contributed by atoms with Crippen LogP contribution in [0.3, 0.4) is 0 Å². The highest BCUT2D eigenvalue weighted by Crippen LogP contribution is 2.34. The Hall–Kier alpha value is -2.80. The van der Waals surface area contributed by atoms with Gasteiger partial charge in [0.15, 0.2) is 5.78 Å². The molecular formula is C21H21N5OS. The lowest BCUT2D eigenvalue weighted by molar-refractivity contribution is 0.0963. The van der Waals surface area contributed by atoms with Crippen molar-refractivity contribution in [2.45, 2.75) is 18.8 Å². The fourth-order valence-electron chi connectivity index (χ4n) is 3.99. The van der Waals surface area contributed by atoms with Crippen molar-refractivity contribution in [2.75, 3.05) is 36.0 Å². The van der Waals surface area contributed by atoms with E-state index < -0.39 is 0 Å². The van der Waals surface area contributed by atoms with Gasteiger partial charge < -0.3 is 9.80 Å². The molecule has 0 aromatic carbocycles. The molecule has 0 bridgehead atoms. The summed E-state index contributed by atoms with van der Waals surface area (Å²) in [6.07, 6.45) is 4.93. The molecule has 4 heterocycles. The lowest BCUT2D eigenvalue weighted by Gasteiger charge is -2.35. The Labute approximate surface area is 167 Å². The molecule has 0 saturated carbocycles. The average molecular weight is 392 g/mol. The van der Waals surface area contributed by atoms with E-state index in [0.29, 0.717) is 12.0 Å². The molecule has 1 saturated heterocycles. The van der Waals surface area contributed by atoms with E-state index in [9.17, 15) is 4.79 Å². The van der Waals surface area contributed by atoms with Crippen molar-refractivity contribution in [3.63, 3.8) is 0 Å². The van der Waals surface area contributed by atoms with Gasteiger partial charge in [-0.05, 0) is 30.0 Å². The Balaban J connectivity index is 1.33. The number of hydrogen-bond acceptors (Lipinski definition) is 7. The van der Waals surface area contributed by atoms with Crippen LogP contribution in [0.2, 0.25) is 0 Å². The highest BCUT2D eigenvalue weighted by molar-refractivity contribution is 7.10. The molecule has 0 amide bonds. The molecule has 1 aliphatic heterocycles. The van der Waals surface area contributed by atoms with Gasteiger partial charge in [-0.1, -0.05) is 12.1 Å². The number of pyridine rings is 1. The normalized spacial score (nSPS) is 19.6. The molecule has 0 spiro atoms. The Morgan fingerprint density at radius 3 is 2.57 bits per heavy atom. The minimum Gasteiger partial charge on any atom is -0.353 e. The zero-order valence-corrected chi connectivity index (χ0v) is 16.3. The molecule has 142 valence electrons. The van der Waals surface area contributed by atoms with Crippen LogP contribution in [0.15, 0.2) is 48.1 Å². The number of anilines is 2. The van der Waals surface area contributed by atoms with Gasteiger partial charge in [0, 0.05) is 55.8 Å². The Morgan fingerprint density at radius 2 is 1.82 bits per heavy atom. The lowest BCUT2D eigenvalue weighted by atomic mass is 9.86. The lowest BCUT2D eigenvalue weighted by Crippen LogP contribution is -2.47. The molecule has 1 atom stereocenters. The maximum atomic E-state index is 12.6. The Morgan fingerprint density at radius 1 is 0.964 bits per heavy atom. The number of Topliss-reactive ketones (excluding diaryl/α,β-unsaturated/α-hetero) is 1. The number of carbonyl (C=O) groups excluding carboxylic acids is 1. The average Bonchev–Trinajstić information content (AvgIpc) is 3.29. The van der Waals surface area contributed by atoms with Crippen LogP contribution in [0, 0.1) is 0 Å². The summed E-state index contributed by atoms with van der Waals surface area (Å²) in [4.78, 5) is 32.1. The van der Waals surface area contributed by atoms with Crippen molar-refractivity contribution in [2.24, 2.45) is 0 Å². The van der Waals surface area contributed by atoms with Crippen LogP contribution in [0.4, 0.5) is 11.8 Å². The minimum absolute atomic E-state index is 0.158. The maximum absolute atomic E-state index is 12.6. The van der Waals surface area contributed by atoms with Gasteiger partial charge >= 0.3 is 0 Å². The first kappa shape index (κ1) is 17.3. The summed E-state index contributed by atoms with van der Waals surface area (Å²) in [6.45, 7) is 3.46. The van der Waals surface area contributed by atoms with E-state index in [0.717, 1.165) is 50.1 Å².